The molecule has 1 aromatic carbocycles. The quantitative estimate of drug-likeness (QED) is 0.853. The smallest absolute Gasteiger partial charge is 0.161 e. The van der Waals surface area contributed by atoms with Gasteiger partial charge in [-0.25, -0.2) is 13.2 Å². The average molecular weight is 258 g/mol. The van der Waals surface area contributed by atoms with Crippen LogP contribution in [-0.2, 0) is 13.1 Å². The lowest BCUT2D eigenvalue weighted by Gasteiger charge is -2.05. The number of hydrogen-bond donors (Lipinski definition) is 1. The summed E-state index contributed by atoms with van der Waals surface area (Å²) < 4.78 is 38.8. The van der Waals surface area contributed by atoms with Gasteiger partial charge in [-0.15, -0.1) is 11.3 Å². The van der Waals surface area contributed by atoms with Gasteiger partial charge in [0.2, 0.25) is 0 Å². The minimum Gasteiger partial charge on any atom is -0.308 e. The highest BCUT2D eigenvalue weighted by molar-refractivity contribution is 7.09. The first-order valence-electron chi connectivity index (χ1n) is 4.88. The summed E-state index contributed by atoms with van der Waals surface area (Å²) in [6.07, 6.45) is 1.69. The van der Waals surface area contributed by atoms with Crippen LogP contribution >= 0.6 is 11.3 Å². The maximum absolute atomic E-state index is 13.2. The first kappa shape index (κ1) is 12.1. The zero-order chi connectivity index (χ0) is 12.3. The summed E-state index contributed by atoms with van der Waals surface area (Å²) in [5.74, 6) is -2.96. The normalized spacial score (nSPS) is 10.8. The molecule has 1 N–H and O–H groups in total. The number of nitrogens with one attached hydrogen (secondary N) is 1. The molecular weight excluding hydrogens is 249 g/mol. The molecule has 0 aliphatic rings. The van der Waals surface area contributed by atoms with Crippen LogP contribution in [0.25, 0.3) is 0 Å². The molecule has 0 amide bonds. The van der Waals surface area contributed by atoms with Crippen LogP contribution in [0.3, 0.4) is 0 Å². The lowest BCUT2D eigenvalue weighted by Crippen LogP contribution is -2.13. The Kier molecular flexibility index (Phi) is 3.75. The van der Waals surface area contributed by atoms with Gasteiger partial charge >= 0.3 is 0 Å². The molecule has 0 spiro atoms. The van der Waals surface area contributed by atoms with Gasteiger partial charge in [0.25, 0.3) is 0 Å². The third-order valence-electron chi connectivity index (χ3n) is 2.19. The van der Waals surface area contributed by atoms with Gasteiger partial charge in [-0.2, -0.15) is 0 Å². The molecule has 0 aliphatic carbocycles. The van der Waals surface area contributed by atoms with E-state index in [1.54, 1.807) is 11.7 Å². The van der Waals surface area contributed by atoms with E-state index in [0.717, 1.165) is 10.9 Å². The monoisotopic (exact) mass is 258 g/mol. The van der Waals surface area contributed by atoms with Gasteiger partial charge in [0, 0.05) is 35.8 Å². The van der Waals surface area contributed by atoms with Crippen LogP contribution < -0.4 is 5.32 Å². The standard InChI is InChI=1S/C11H9F3N2S/c12-9-2-11(14)10(13)1-7(9)3-15-4-8-5-16-6-17-8/h1-2,5-6,15H,3-4H2. The van der Waals surface area contributed by atoms with Crippen LogP contribution in [0.15, 0.2) is 23.8 Å². The SMILES string of the molecule is Fc1cc(F)c(CNCc2cncs2)cc1F. The highest BCUT2D eigenvalue weighted by atomic mass is 32.1. The molecule has 0 bridgehead atoms. The average Bonchev–Trinajstić information content (AvgIpc) is 2.78. The summed E-state index contributed by atoms with van der Waals surface area (Å²) in [4.78, 5) is 4.88. The van der Waals surface area contributed by atoms with E-state index in [1.165, 1.54) is 11.3 Å². The van der Waals surface area contributed by atoms with Crippen LogP contribution in [0.5, 0.6) is 0 Å². The number of halogens is 3. The van der Waals surface area contributed by atoms with Crippen LogP contribution in [0.1, 0.15) is 10.4 Å². The maximum Gasteiger partial charge on any atom is 0.161 e. The van der Waals surface area contributed by atoms with Crippen LogP contribution in [0.2, 0.25) is 0 Å². The summed E-state index contributed by atoms with van der Waals surface area (Å²) in [5.41, 5.74) is 1.79. The van der Waals surface area contributed by atoms with Crippen molar-refractivity contribution in [3.63, 3.8) is 0 Å². The van der Waals surface area contributed by atoms with Gasteiger partial charge < -0.3 is 5.32 Å². The van der Waals surface area contributed by atoms with Crippen molar-refractivity contribution in [2.75, 3.05) is 0 Å². The van der Waals surface area contributed by atoms with E-state index in [9.17, 15) is 13.2 Å². The molecule has 0 atom stereocenters. The summed E-state index contributed by atoms with van der Waals surface area (Å²) >= 11 is 1.47. The first-order valence-corrected chi connectivity index (χ1v) is 5.76. The second-order valence-corrected chi connectivity index (χ2v) is 4.40. The molecule has 0 radical (unpaired) electrons. The van der Waals surface area contributed by atoms with E-state index in [4.69, 9.17) is 0 Å². The van der Waals surface area contributed by atoms with Crippen molar-refractivity contribution in [1.82, 2.24) is 10.3 Å². The molecule has 1 heterocycles. The van der Waals surface area contributed by atoms with Crippen molar-refractivity contribution in [1.29, 1.82) is 0 Å². The Hall–Kier alpha value is -1.40. The molecule has 0 saturated heterocycles. The van der Waals surface area contributed by atoms with Crippen molar-refractivity contribution in [2.45, 2.75) is 13.1 Å². The van der Waals surface area contributed by atoms with Gasteiger partial charge in [0.15, 0.2) is 11.6 Å². The van der Waals surface area contributed by atoms with Crippen LogP contribution in [-0.4, -0.2) is 4.98 Å². The fourth-order valence-corrected chi connectivity index (χ4v) is 1.91. The minimum absolute atomic E-state index is 0.105. The lowest BCUT2D eigenvalue weighted by atomic mass is 10.2. The molecular formula is C11H9F3N2S. The van der Waals surface area contributed by atoms with E-state index >= 15 is 0 Å². The van der Waals surface area contributed by atoms with Crippen molar-refractivity contribution in [3.8, 4) is 0 Å². The molecule has 6 heteroatoms. The summed E-state index contributed by atoms with van der Waals surface area (Å²) in [5, 5.41) is 2.93. The number of nitrogens with zero attached hydrogens (tertiary/aromatic N) is 1. The van der Waals surface area contributed by atoms with E-state index in [-0.39, 0.29) is 12.1 Å². The third kappa shape index (κ3) is 3.04. The van der Waals surface area contributed by atoms with Crippen molar-refractivity contribution in [2.24, 2.45) is 0 Å². The van der Waals surface area contributed by atoms with Crippen molar-refractivity contribution in [3.05, 3.63) is 51.7 Å². The molecule has 0 saturated carbocycles. The zero-order valence-corrected chi connectivity index (χ0v) is 9.53. The third-order valence-corrected chi connectivity index (χ3v) is 2.97. The second-order valence-electron chi connectivity index (χ2n) is 3.43. The molecule has 1 aromatic heterocycles. The molecule has 90 valence electrons. The number of benzene rings is 1. The fraction of sp³-hybridized carbons (Fsp3) is 0.182. The van der Waals surface area contributed by atoms with Gasteiger partial charge in [-0.05, 0) is 6.07 Å². The Labute approximate surface area is 100 Å². The predicted molar refractivity (Wildman–Crippen MR) is 59.0 cm³/mol. The summed E-state index contributed by atoms with van der Waals surface area (Å²) in [6, 6.07) is 1.42. The minimum atomic E-state index is -1.17. The number of thiazole rings is 1. The Morgan fingerprint density at radius 1 is 1.06 bits per heavy atom. The fourth-order valence-electron chi connectivity index (χ4n) is 1.35. The van der Waals surface area contributed by atoms with E-state index in [2.05, 4.69) is 10.3 Å². The molecule has 2 aromatic rings. The van der Waals surface area contributed by atoms with Crippen LogP contribution in [0.4, 0.5) is 13.2 Å². The topological polar surface area (TPSA) is 24.9 Å². The van der Waals surface area contributed by atoms with E-state index < -0.39 is 17.5 Å². The number of hydrogen-bond acceptors (Lipinski definition) is 3. The summed E-state index contributed by atoms with van der Waals surface area (Å²) in [7, 11) is 0. The van der Waals surface area contributed by atoms with E-state index in [0.29, 0.717) is 12.6 Å². The number of rotatable bonds is 4. The Balaban J connectivity index is 1.97. The largest absolute Gasteiger partial charge is 0.308 e. The van der Waals surface area contributed by atoms with Crippen molar-refractivity contribution >= 4 is 11.3 Å². The van der Waals surface area contributed by atoms with Crippen molar-refractivity contribution < 1.29 is 13.2 Å². The Bertz CT molecular complexity index is 500. The molecule has 2 nitrogen and oxygen atoms in total. The number of aromatic nitrogens is 1. The predicted octanol–water partition coefficient (Wildman–Crippen LogP) is 2.85. The highest BCUT2D eigenvalue weighted by Crippen LogP contribution is 2.14. The molecule has 0 fully saturated rings. The molecule has 17 heavy (non-hydrogen) atoms. The molecule has 0 unspecified atom stereocenters. The first-order chi connectivity index (χ1) is 8.16. The Morgan fingerprint density at radius 3 is 2.53 bits per heavy atom. The Morgan fingerprint density at radius 2 is 1.82 bits per heavy atom. The van der Waals surface area contributed by atoms with Crippen LogP contribution in [0, 0.1) is 17.5 Å². The maximum atomic E-state index is 13.2. The van der Waals surface area contributed by atoms with Gasteiger partial charge in [0.1, 0.15) is 5.82 Å². The van der Waals surface area contributed by atoms with E-state index in [1.807, 2.05) is 0 Å². The summed E-state index contributed by atoms with van der Waals surface area (Å²) in [6.45, 7) is 0.657. The van der Waals surface area contributed by atoms with Gasteiger partial charge in [-0.3, -0.25) is 4.98 Å². The van der Waals surface area contributed by atoms with Gasteiger partial charge in [-0.1, -0.05) is 0 Å². The van der Waals surface area contributed by atoms with Gasteiger partial charge in [0.05, 0.1) is 5.51 Å². The molecule has 2 rings (SSSR count). The highest BCUT2D eigenvalue weighted by Gasteiger charge is 2.09. The second kappa shape index (κ2) is 5.29. The zero-order valence-electron chi connectivity index (χ0n) is 8.71. The lowest BCUT2D eigenvalue weighted by molar-refractivity contribution is 0.487. The molecule has 0 aliphatic heterocycles.